The van der Waals surface area contributed by atoms with Crippen LogP contribution in [0.1, 0.15) is 22.9 Å². The van der Waals surface area contributed by atoms with Crippen LogP contribution in [0.2, 0.25) is 0 Å². The summed E-state index contributed by atoms with van der Waals surface area (Å²) in [6.07, 6.45) is 0.615. The van der Waals surface area contributed by atoms with Crippen molar-refractivity contribution in [2.45, 2.75) is 24.8 Å². The van der Waals surface area contributed by atoms with Gasteiger partial charge in [0.2, 0.25) is 10.0 Å². The lowest BCUT2D eigenvalue weighted by molar-refractivity contribution is -0.00486. The predicted molar refractivity (Wildman–Crippen MR) is 115 cm³/mol. The maximum atomic E-state index is 13.2. The maximum absolute atomic E-state index is 13.2. The van der Waals surface area contributed by atoms with Crippen LogP contribution < -0.4 is 5.32 Å². The fourth-order valence-electron chi connectivity index (χ4n) is 3.33. The molecule has 1 atom stereocenters. The fraction of sp³-hybridized carbons (Fsp3) is 0.273. The normalized spacial score (nSPS) is 17.5. The number of hydrogen-bond acceptors (Lipinski definition) is 6. The van der Waals surface area contributed by atoms with Gasteiger partial charge in [-0.3, -0.25) is 0 Å². The first-order valence-corrected chi connectivity index (χ1v) is 11.3. The summed E-state index contributed by atoms with van der Waals surface area (Å²) in [4.78, 5) is 8.78. The molecule has 0 bridgehead atoms. The molecule has 1 N–H and O–H groups in total. The van der Waals surface area contributed by atoms with Crippen LogP contribution in [0, 0.1) is 19.7 Å². The molecule has 7 nitrogen and oxygen atoms in total. The van der Waals surface area contributed by atoms with E-state index in [0.717, 1.165) is 17.3 Å². The van der Waals surface area contributed by atoms with Gasteiger partial charge in [-0.05, 0) is 61.4 Å². The van der Waals surface area contributed by atoms with Gasteiger partial charge in [-0.25, -0.2) is 22.8 Å². The van der Waals surface area contributed by atoms with E-state index in [1.165, 1.54) is 16.4 Å². The zero-order chi connectivity index (χ0) is 22.0. The molecular weight excluding hydrogens is 419 g/mol. The molecule has 9 heteroatoms. The summed E-state index contributed by atoms with van der Waals surface area (Å²) in [5.74, 6) is 0.539. The molecule has 0 spiro atoms. The van der Waals surface area contributed by atoms with Crippen molar-refractivity contribution in [3.8, 4) is 0 Å². The number of nitrogens with one attached hydrogen (secondary N) is 1. The number of hydrogen-bond donors (Lipinski definition) is 1. The van der Waals surface area contributed by atoms with E-state index in [9.17, 15) is 12.8 Å². The summed E-state index contributed by atoms with van der Waals surface area (Å²) in [6, 6.07) is 13.3. The van der Waals surface area contributed by atoms with Gasteiger partial charge in [0.15, 0.2) is 0 Å². The zero-order valence-electron chi connectivity index (χ0n) is 17.2. The summed E-state index contributed by atoms with van der Waals surface area (Å²) >= 11 is 0. The third-order valence-electron chi connectivity index (χ3n) is 5.23. The third-order valence-corrected chi connectivity index (χ3v) is 7.09. The topological polar surface area (TPSA) is 84.4 Å². The first kappa shape index (κ1) is 21.4. The molecule has 0 unspecified atom stereocenters. The molecule has 1 aliphatic rings. The molecule has 0 amide bonds. The molecule has 0 aliphatic carbocycles. The van der Waals surface area contributed by atoms with Crippen LogP contribution in [-0.2, 0) is 14.8 Å². The molecule has 1 fully saturated rings. The van der Waals surface area contributed by atoms with E-state index in [-0.39, 0.29) is 24.6 Å². The van der Waals surface area contributed by atoms with Crippen LogP contribution in [0.25, 0.3) is 0 Å². The van der Waals surface area contributed by atoms with Crippen molar-refractivity contribution < 1.29 is 17.5 Å². The van der Waals surface area contributed by atoms with E-state index >= 15 is 0 Å². The van der Waals surface area contributed by atoms with E-state index in [0.29, 0.717) is 17.3 Å². The second-order valence-electron chi connectivity index (χ2n) is 7.40. The monoisotopic (exact) mass is 442 g/mol. The van der Waals surface area contributed by atoms with Gasteiger partial charge in [0.25, 0.3) is 0 Å². The Morgan fingerprint density at radius 2 is 1.94 bits per heavy atom. The molecule has 1 aliphatic heterocycles. The molecule has 1 aromatic carbocycles. The van der Waals surface area contributed by atoms with Gasteiger partial charge in [-0.1, -0.05) is 12.1 Å². The largest absolute Gasteiger partial charge is 0.369 e. The smallest absolute Gasteiger partial charge is 0.243 e. The number of pyridine rings is 2. The quantitative estimate of drug-likeness (QED) is 0.648. The number of aromatic nitrogens is 2. The van der Waals surface area contributed by atoms with Gasteiger partial charge < -0.3 is 10.1 Å². The Bertz CT molecular complexity index is 1190. The van der Waals surface area contributed by atoms with Crippen molar-refractivity contribution in [3.05, 3.63) is 77.4 Å². The summed E-state index contributed by atoms with van der Waals surface area (Å²) in [6.45, 7) is 4.57. The van der Waals surface area contributed by atoms with Crippen molar-refractivity contribution in [3.63, 3.8) is 0 Å². The molecule has 3 heterocycles. The molecule has 0 saturated carbocycles. The first-order valence-electron chi connectivity index (χ1n) is 9.87. The van der Waals surface area contributed by atoms with Gasteiger partial charge in [0.05, 0.1) is 23.4 Å². The van der Waals surface area contributed by atoms with Crippen LogP contribution in [0.4, 0.5) is 16.0 Å². The number of anilines is 2. The van der Waals surface area contributed by atoms with Crippen LogP contribution in [-0.4, -0.2) is 42.4 Å². The minimum Gasteiger partial charge on any atom is -0.369 e. The molecular formula is C22H23FN4O3S. The van der Waals surface area contributed by atoms with Gasteiger partial charge in [-0.2, -0.15) is 4.31 Å². The average Bonchev–Trinajstić information content (AvgIpc) is 2.77. The number of benzene rings is 1. The summed E-state index contributed by atoms with van der Waals surface area (Å²) < 4.78 is 46.6. The highest BCUT2D eigenvalue weighted by molar-refractivity contribution is 7.89. The molecule has 162 valence electrons. The molecule has 2 aromatic heterocycles. The molecule has 31 heavy (non-hydrogen) atoms. The van der Waals surface area contributed by atoms with Crippen molar-refractivity contribution in [2.75, 3.05) is 25.0 Å². The Kier molecular flexibility index (Phi) is 5.99. The average molecular weight is 443 g/mol. The Morgan fingerprint density at radius 3 is 2.68 bits per heavy atom. The van der Waals surface area contributed by atoms with Gasteiger partial charge in [0, 0.05) is 13.1 Å². The Labute approximate surface area is 181 Å². The second-order valence-corrected chi connectivity index (χ2v) is 9.34. The van der Waals surface area contributed by atoms with E-state index in [1.807, 2.05) is 19.9 Å². The summed E-state index contributed by atoms with van der Waals surface area (Å²) in [5, 5.41) is 3.01. The third kappa shape index (κ3) is 4.73. The van der Waals surface area contributed by atoms with E-state index in [2.05, 4.69) is 15.3 Å². The van der Waals surface area contributed by atoms with E-state index in [4.69, 9.17) is 4.74 Å². The zero-order valence-corrected chi connectivity index (χ0v) is 18.1. The number of halogens is 1. The molecule has 1 saturated heterocycles. The number of aryl methyl sites for hydroxylation is 2. The van der Waals surface area contributed by atoms with Crippen LogP contribution in [0.3, 0.4) is 0 Å². The van der Waals surface area contributed by atoms with Gasteiger partial charge in [-0.15, -0.1) is 0 Å². The van der Waals surface area contributed by atoms with Gasteiger partial charge >= 0.3 is 0 Å². The predicted octanol–water partition coefficient (Wildman–Crippen LogP) is 3.74. The highest BCUT2D eigenvalue weighted by Gasteiger charge is 2.32. The highest BCUT2D eigenvalue weighted by atomic mass is 32.2. The maximum Gasteiger partial charge on any atom is 0.243 e. The summed E-state index contributed by atoms with van der Waals surface area (Å²) in [5.41, 5.74) is 2.58. The number of morpholine rings is 1. The number of sulfonamides is 1. The highest BCUT2D eigenvalue weighted by Crippen LogP contribution is 2.27. The van der Waals surface area contributed by atoms with Crippen LogP contribution in [0.15, 0.2) is 59.6 Å². The Balaban J connectivity index is 1.53. The summed E-state index contributed by atoms with van der Waals surface area (Å²) in [7, 11) is -3.64. The number of ether oxygens (including phenoxy) is 1. The van der Waals surface area contributed by atoms with Crippen LogP contribution in [0.5, 0.6) is 0 Å². The molecule has 3 aromatic rings. The Hall–Kier alpha value is -2.88. The first-order chi connectivity index (χ1) is 14.8. The number of nitrogens with zero attached hydrogens (tertiary/aromatic N) is 3. The van der Waals surface area contributed by atoms with Crippen molar-refractivity contribution in [1.82, 2.24) is 14.3 Å². The molecule has 4 rings (SSSR count). The lowest BCUT2D eigenvalue weighted by Gasteiger charge is -2.32. The van der Waals surface area contributed by atoms with Crippen molar-refractivity contribution >= 4 is 21.7 Å². The van der Waals surface area contributed by atoms with Crippen LogP contribution >= 0.6 is 0 Å². The minimum atomic E-state index is -3.64. The van der Waals surface area contributed by atoms with Gasteiger partial charge in [0.1, 0.15) is 23.6 Å². The van der Waals surface area contributed by atoms with Crippen molar-refractivity contribution in [2.24, 2.45) is 0 Å². The molecule has 0 radical (unpaired) electrons. The second kappa shape index (κ2) is 8.70. The lowest BCUT2D eigenvalue weighted by Crippen LogP contribution is -2.42. The van der Waals surface area contributed by atoms with E-state index in [1.54, 1.807) is 30.3 Å². The van der Waals surface area contributed by atoms with E-state index < -0.39 is 21.9 Å². The Morgan fingerprint density at radius 1 is 1.10 bits per heavy atom. The standard InChI is InChI=1S/C22H23FN4O3S/c1-15-6-8-18(12-16(15)2)31(28,29)27-10-11-30-20(14-27)19-4-3-5-22(25-19)26-21-9-7-17(23)13-24-21/h3-9,12-13,20H,10-11,14H2,1-2H3,(H,24,25,26)/t20-/m0/s1. The minimum absolute atomic E-state index is 0.167. The number of rotatable bonds is 5. The lowest BCUT2D eigenvalue weighted by atomic mass is 10.1. The fourth-order valence-corrected chi connectivity index (χ4v) is 4.84. The van der Waals surface area contributed by atoms with Crippen molar-refractivity contribution in [1.29, 1.82) is 0 Å². The SMILES string of the molecule is Cc1ccc(S(=O)(=O)N2CCO[C@H](c3cccc(Nc4ccc(F)cn4)n3)C2)cc1C.